The van der Waals surface area contributed by atoms with Gasteiger partial charge in [0.25, 0.3) is 0 Å². The zero-order chi connectivity index (χ0) is 13.7. The maximum absolute atomic E-state index is 5.80. The highest BCUT2D eigenvalue weighted by Gasteiger charge is 2.26. The number of hydrogen-bond donors (Lipinski definition) is 0. The molecule has 0 saturated carbocycles. The Labute approximate surface area is 117 Å². The van der Waals surface area contributed by atoms with Crippen molar-refractivity contribution < 1.29 is 4.84 Å². The Hall–Kier alpha value is -2.48. The minimum absolute atomic E-state index is 1.10. The van der Waals surface area contributed by atoms with Crippen LogP contribution in [0.15, 0.2) is 60.4 Å². The summed E-state index contributed by atoms with van der Waals surface area (Å²) in [6, 6.07) is 16.9. The average Bonchev–Trinajstić information content (AvgIpc) is 2.83. The molecule has 0 bridgehead atoms. The normalized spacial score (nSPS) is 15.9. The highest BCUT2D eigenvalue weighted by atomic mass is 16.7. The standard InChI is InChI=1S/C18H15NO/c1-12-11-20-19-17-10-6-5-8-15(17)13(2)14-7-3-4-9-16(14)18(12)19/h3-11H,1-2H3. The molecule has 0 saturated heterocycles. The van der Waals surface area contributed by atoms with Gasteiger partial charge in [0.1, 0.15) is 6.26 Å². The number of hydroxylamine groups is 1. The van der Waals surface area contributed by atoms with E-state index in [1.165, 1.54) is 21.6 Å². The fourth-order valence-electron chi connectivity index (χ4n) is 3.03. The lowest BCUT2D eigenvalue weighted by molar-refractivity contribution is 0.271. The molecule has 2 heteroatoms. The van der Waals surface area contributed by atoms with Crippen LogP contribution in [0.5, 0.6) is 0 Å². The maximum Gasteiger partial charge on any atom is 0.125 e. The first kappa shape index (κ1) is 11.4. The van der Waals surface area contributed by atoms with Crippen LogP contribution in [0, 0.1) is 0 Å². The highest BCUT2D eigenvalue weighted by Crippen LogP contribution is 2.35. The molecule has 0 N–H and O–H groups in total. The molecule has 0 amide bonds. The maximum atomic E-state index is 5.80. The van der Waals surface area contributed by atoms with Crippen LogP contribution in [0.25, 0.3) is 11.3 Å². The molecule has 2 aromatic carbocycles. The largest absolute Gasteiger partial charge is 0.382 e. The minimum Gasteiger partial charge on any atom is -0.382 e. The predicted molar refractivity (Wildman–Crippen MR) is 81.0 cm³/mol. The van der Waals surface area contributed by atoms with E-state index in [0.717, 1.165) is 17.0 Å². The Kier molecular flexibility index (Phi) is 2.27. The van der Waals surface area contributed by atoms with Crippen LogP contribution in [-0.2, 0) is 4.84 Å². The van der Waals surface area contributed by atoms with Gasteiger partial charge < -0.3 is 4.84 Å². The minimum atomic E-state index is 1.10. The molecule has 0 fully saturated rings. The molecule has 4 rings (SSSR count). The van der Waals surface area contributed by atoms with E-state index >= 15 is 0 Å². The third kappa shape index (κ3) is 1.39. The molecule has 0 atom stereocenters. The molecular weight excluding hydrogens is 246 g/mol. The van der Waals surface area contributed by atoms with Gasteiger partial charge >= 0.3 is 0 Å². The van der Waals surface area contributed by atoms with Gasteiger partial charge in [-0.05, 0) is 30.7 Å². The van der Waals surface area contributed by atoms with E-state index in [4.69, 9.17) is 4.84 Å². The van der Waals surface area contributed by atoms with E-state index in [2.05, 4.69) is 62.4 Å². The molecule has 2 heterocycles. The fraction of sp³-hybridized carbons (Fsp3) is 0.111. The third-order valence-electron chi connectivity index (χ3n) is 4.02. The Balaban J connectivity index is 2.25. The van der Waals surface area contributed by atoms with Gasteiger partial charge in [-0.15, -0.1) is 0 Å². The van der Waals surface area contributed by atoms with Gasteiger partial charge in [-0.1, -0.05) is 42.5 Å². The molecule has 2 nitrogen and oxygen atoms in total. The second-order valence-electron chi connectivity index (χ2n) is 5.24. The lowest BCUT2D eigenvalue weighted by Crippen LogP contribution is -2.31. The summed E-state index contributed by atoms with van der Waals surface area (Å²) in [6.45, 7) is 4.27. The van der Waals surface area contributed by atoms with E-state index in [-0.39, 0.29) is 0 Å². The van der Waals surface area contributed by atoms with Crippen molar-refractivity contribution in [3.63, 3.8) is 0 Å². The first-order chi connectivity index (χ1) is 9.77. The predicted octanol–water partition coefficient (Wildman–Crippen LogP) is 2.68. The van der Waals surface area contributed by atoms with Crippen molar-refractivity contribution in [2.75, 3.05) is 5.06 Å². The van der Waals surface area contributed by atoms with E-state index < -0.39 is 0 Å². The first-order valence-electron chi connectivity index (χ1n) is 6.81. The molecule has 2 aliphatic rings. The van der Waals surface area contributed by atoms with Crippen molar-refractivity contribution in [2.45, 2.75) is 13.8 Å². The molecular formula is C18H15NO. The summed E-state index contributed by atoms with van der Waals surface area (Å²) < 4.78 is 0. The molecule has 0 unspecified atom stereocenters. The summed E-state index contributed by atoms with van der Waals surface area (Å²) in [5.41, 5.74) is 5.91. The Morgan fingerprint density at radius 1 is 0.850 bits per heavy atom. The number of benzene rings is 2. The summed E-state index contributed by atoms with van der Waals surface area (Å²) in [4.78, 5) is 5.80. The van der Waals surface area contributed by atoms with Gasteiger partial charge in [-0.25, -0.2) is 0 Å². The van der Waals surface area contributed by atoms with Crippen LogP contribution in [-0.4, -0.2) is 0 Å². The highest BCUT2D eigenvalue weighted by molar-refractivity contribution is 5.87. The van der Waals surface area contributed by atoms with Gasteiger partial charge in [0.15, 0.2) is 0 Å². The Morgan fingerprint density at radius 2 is 1.55 bits per heavy atom. The summed E-state index contributed by atoms with van der Waals surface area (Å²) >= 11 is 0. The monoisotopic (exact) mass is 261 g/mol. The molecule has 0 radical (unpaired) electrons. The van der Waals surface area contributed by atoms with Crippen molar-refractivity contribution in [1.29, 1.82) is 0 Å². The summed E-state index contributed by atoms with van der Waals surface area (Å²) in [7, 11) is 0. The number of anilines is 1. The lowest BCUT2D eigenvalue weighted by atomic mass is 10.0. The Bertz CT molecular complexity index is 861. The summed E-state index contributed by atoms with van der Waals surface area (Å²) in [5.74, 6) is 0. The fourth-order valence-corrected chi connectivity index (χ4v) is 3.03. The molecule has 0 spiro atoms. The second-order valence-corrected chi connectivity index (χ2v) is 5.24. The zero-order valence-corrected chi connectivity index (χ0v) is 11.6. The zero-order valence-electron chi connectivity index (χ0n) is 11.6. The number of rotatable bonds is 0. The van der Waals surface area contributed by atoms with E-state index in [1.54, 1.807) is 0 Å². The van der Waals surface area contributed by atoms with Gasteiger partial charge in [0.05, 0.1) is 11.4 Å². The van der Waals surface area contributed by atoms with E-state index in [9.17, 15) is 0 Å². The quantitative estimate of drug-likeness (QED) is 0.723. The second kappa shape index (κ2) is 4.01. The van der Waals surface area contributed by atoms with Gasteiger partial charge in [-0.3, -0.25) is 0 Å². The molecule has 0 aromatic heterocycles. The van der Waals surface area contributed by atoms with E-state index in [0.29, 0.717) is 0 Å². The van der Waals surface area contributed by atoms with Crippen LogP contribution in [0.2, 0.25) is 0 Å². The average molecular weight is 261 g/mol. The van der Waals surface area contributed by atoms with Crippen LogP contribution in [0.1, 0.15) is 19.4 Å². The SMILES string of the molecule is CC1=CON2C1=c1ccccc1=C(C)c1ccccc12. The van der Waals surface area contributed by atoms with E-state index in [1.807, 2.05) is 11.3 Å². The van der Waals surface area contributed by atoms with Gasteiger partial charge in [0, 0.05) is 16.4 Å². The van der Waals surface area contributed by atoms with Crippen LogP contribution < -0.4 is 15.5 Å². The topological polar surface area (TPSA) is 12.5 Å². The molecule has 2 aromatic rings. The summed E-state index contributed by atoms with van der Waals surface area (Å²) in [5, 5.41) is 4.45. The van der Waals surface area contributed by atoms with Crippen LogP contribution in [0.4, 0.5) is 5.69 Å². The number of fused-ring (bicyclic) bond motifs is 4. The molecule has 98 valence electrons. The summed E-state index contributed by atoms with van der Waals surface area (Å²) in [6.07, 6.45) is 1.82. The van der Waals surface area contributed by atoms with Crippen LogP contribution >= 0.6 is 0 Å². The van der Waals surface area contributed by atoms with Crippen LogP contribution in [0.3, 0.4) is 0 Å². The van der Waals surface area contributed by atoms with Crippen molar-refractivity contribution in [2.24, 2.45) is 0 Å². The number of hydrogen-bond acceptors (Lipinski definition) is 2. The van der Waals surface area contributed by atoms with Crippen molar-refractivity contribution in [1.82, 2.24) is 0 Å². The number of nitrogens with zero attached hydrogens (tertiary/aromatic N) is 1. The van der Waals surface area contributed by atoms with Gasteiger partial charge in [-0.2, -0.15) is 5.06 Å². The molecule has 0 aliphatic carbocycles. The van der Waals surface area contributed by atoms with Crippen molar-refractivity contribution >= 4 is 17.0 Å². The lowest BCUT2D eigenvalue weighted by Gasteiger charge is -2.20. The smallest absolute Gasteiger partial charge is 0.125 e. The van der Waals surface area contributed by atoms with Crippen molar-refractivity contribution in [3.05, 3.63) is 76.4 Å². The Morgan fingerprint density at radius 3 is 2.40 bits per heavy atom. The van der Waals surface area contributed by atoms with Crippen molar-refractivity contribution in [3.8, 4) is 0 Å². The third-order valence-corrected chi connectivity index (χ3v) is 4.02. The molecule has 20 heavy (non-hydrogen) atoms. The van der Waals surface area contributed by atoms with Gasteiger partial charge in [0.2, 0.25) is 0 Å². The first-order valence-corrected chi connectivity index (χ1v) is 6.81. The molecule has 2 aliphatic heterocycles. The number of para-hydroxylation sites is 1.